The molecule has 3 rings (SSSR count). The van der Waals surface area contributed by atoms with Gasteiger partial charge in [-0.15, -0.1) is 0 Å². The standard InChI is InChI=1S/C24H28N2O4/c1-16-9-11-17(12-10-16)15-29-22(27)21(26-23(28)30-24(2,3)4)13-18-14-25-20-8-6-5-7-19(18)20/h5-12,14,21,25H,13,15H2,1-4H3,(H,26,28)/t21-/m1/s1. The van der Waals surface area contributed by atoms with Crippen LogP contribution in [0.4, 0.5) is 4.79 Å². The van der Waals surface area contributed by atoms with Crippen LogP contribution in [-0.2, 0) is 27.3 Å². The Morgan fingerprint density at radius 1 is 1.07 bits per heavy atom. The molecule has 6 nitrogen and oxygen atoms in total. The molecule has 0 saturated carbocycles. The van der Waals surface area contributed by atoms with Gasteiger partial charge in [0.2, 0.25) is 0 Å². The van der Waals surface area contributed by atoms with E-state index in [9.17, 15) is 9.59 Å². The lowest BCUT2D eigenvalue weighted by Crippen LogP contribution is -2.45. The number of carbonyl (C=O) groups is 2. The number of alkyl carbamates (subject to hydrolysis) is 1. The molecule has 158 valence electrons. The van der Waals surface area contributed by atoms with Crippen LogP contribution in [-0.4, -0.2) is 28.7 Å². The summed E-state index contributed by atoms with van der Waals surface area (Å²) in [5, 5.41) is 3.67. The molecule has 0 radical (unpaired) electrons. The number of esters is 1. The van der Waals surface area contributed by atoms with E-state index in [0.717, 1.165) is 27.6 Å². The fourth-order valence-electron chi connectivity index (χ4n) is 3.10. The number of aromatic amines is 1. The van der Waals surface area contributed by atoms with Crippen LogP contribution in [0, 0.1) is 6.92 Å². The van der Waals surface area contributed by atoms with Crippen molar-refractivity contribution in [3.05, 3.63) is 71.4 Å². The van der Waals surface area contributed by atoms with Gasteiger partial charge in [-0.25, -0.2) is 9.59 Å². The number of nitrogens with one attached hydrogen (secondary N) is 2. The molecule has 2 N–H and O–H groups in total. The minimum absolute atomic E-state index is 0.138. The lowest BCUT2D eigenvalue weighted by Gasteiger charge is -2.23. The van der Waals surface area contributed by atoms with Crippen molar-refractivity contribution in [2.24, 2.45) is 0 Å². The summed E-state index contributed by atoms with van der Waals surface area (Å²) in [6.07, 6.45) is 1.48. The molecule has 0 saturated heterocycles. The number of amides is 1. The van der Waals surface area contributed by atoms with Crippen LogP contribution in [0.5, 0.6) is 0 Å². The van der Waals surface area contributed by atoms with Crippen molar-refractivity contribution in [1.29, 1.82) is 0 Å². The highest BCUT2D eigenvalue weighted by atomic mass is 16.6. The van der Waals surface area contributed by atoms with Crippen LogP contribution in [0.2, 0.25) is 0 Å². The van der Waals surface area contributed by atoms with Crippen LogP contribution in [0.15, 0.2) is 54.7 Å². The summed E-state index contributed by atoms with van der Waals surface area (Å²) < 4.78 is 10.8. The molecule has 0 fully saturated rings. The highest BCUT2D eigenvalue weighted by molar-refractivity contribution is 5.86. The van der Waals surface area contributed by atoms with Crippen LogP contribution in [0.1, 0.15) is 37.5 Å². The number of benzene rings is 2. The van der Waals surface area contributed by atoms with Gasteiger partial charge in [0.15, 0.2) is 0 Å². The van der Waals surface area contributed by atoms with Crippen molar-refractivity contribution in [3.63, 3.8) is 0 Å². The Hall–Kier alpha value is -3.28. The van der Waals surface area contributed by atoms with E-state index in [1.807, 2.05) is 61.7 Å². The first-order chi connectivity index (χ1) is 14.2. The molecule has 3 aromatic rings. The van der Waals surface area contributed by atoms with Crippen molar-refractivity contribution >= 4 is 23.0 Å². The van der Waals surface area contributed by atoms with Gasteiger partial charge in [0.25, 0.3) is 0 Å². The lowest BCUT2D eigenvalue weighted by atomic mass is 10.1. The Bertz CT molecular complexity index is 1020. The van der Waals surface area contributed by atoms with Gasteiger partial charge in [-0.1, -0.05) is 48.0 Å². The maximum atomic E-state index is 12.8. The second-order valence-corrected chi connectivity index (χ2v) is 8.36. The topological polar surface area (TPSA) is 80.4 Å². The van der Waals surface area contributed by atoms with Crippen LogP contribution in [0.3, 0.4) is 0 Å². The zero-order chi connectivity index (χ0) is 21.7. The maximum Gasteiger partial charge on any atom is 0.408 e. The number of aromatic nitrogens is 1. The molecule has 2 aromatic carbocycles. The predicted molar refractivity (Wildman–Crippen MR) is 116 cm³/mol. The summed E-state index contributed by atoms with van der Waals surface area (Å²) in [6.45, 7) is 7.46. The van der Waals surface area contributed by atoms with E-state index in [0.29, 0.717) is 0 Å². The first-order valence-corrected chi connectivity index (χ1v) is 9.98. The summed E-state index contributed by atoms with van der Waals surface area (Å²) in [5.41, 5.74) is 3.24. The van der Waals surface area contributed by atoms with Gasteiger partial charge in [-0.05, 0) is 44.9 Å². The number of carbonyl (C=O) groups excluding carboxylic acids is 2. The molecule has 1 aromatic heterocycles. The highest BCUT2D eigenvalue weighted by Crippen LogP contribution is 2.20. The van der Waals surface area contributed by atoms with Crippen LogP contribution >= 0.6 is 0 Å². The summed E-state index contributed by atoms with van der Waals surface area (Å²) in [4.78, 5) is 28.4. The number of hydrogen-bond acceptors (Lipinski definition) is 4. The summed E-state index contributed by atoms with van der Waals surface area (Å²) in [7, 11) is 0. The Balaban J connectivity index is 1.74. The van der Waals surface area contributed by atoms with Crippen molar-refractivity contribution in [3.8, 4) is 0 Å². The third-order valence-corrected chi connectivity index (χ3v) is 4.58. The van der Waals surface area contributed by atoms with Gasteiger partial charge in [0.05, 0.1) is 0 Å². The van der Waals surface area contributed by atoms with E-state index in [2.05, 4.69) is 10.3 Å². The third-order valence-electron chi connectivity index (χ3n) is 4.58. The van der Waals surface area contributed by atoms with Gasteiger partial charge < -0.3 is 19.8 Å². The molecule has 0 aliphatic heterocycles. The van der Waals surface area contributed by atoms with E-state index in [1.165, 1.54) is 0 Å². The van der Waals surface area contributed by atoms with E-state index in [1.54, 1.807) is 20.8 Å². The second-order valence-electron chi connectivity index (χ2n) is 8.36. The van der Waals surface area contributed by atoms with E-state index < -0.39 is 23.7 Å². The average molecular weight is 408 g/mol. The quantitative estimate of drug-likeness (QED) is 0.582. The Labute approximate surface area is 176 Å². The minimum atomic E-state index is -0.871. The Morgan fingerprint density at radius 3 is 2.47 bits per heavy atom. The Kier molecular flexibility index (Phi) is 6.45. The molecule has 0 bridgehead atoms. The molecule has 0 aliphatic carbocycles. The third kappa shape index (κ3) is 5.86. The molecule has 1 atom stereocenters. The zero-order valence-corrected chi connectivity index (χ0v) is 17.8. The number of ether oxygens (including phenoxy) is 2. The lowest BCUT2D eigenvalue weighted by molar-refractivity contribution is -0.147. The molecular formula is C24H28N2O4. The minimum Gasteiger partial charge on any atom is -0.459 e. The normalized spacial score (nSPS) is 12.4. The summed E-state index contributed by atoms with van der Waals surface area (Å²) in [5.74, 6) is -0.508. The monoisotopic (exact) mass is 408 g/mol. The Morgan fingerprint density at radius 2 is 1.77 bits per heavy atom. The van der Waals surface area contributed by atoms with Gasteiger partial charge in [0.1, 0.15) is 18.2 Å². The molecule has 0 spiro atoms. The number of hydrogen-bond donors (Lipinski definition) is 2. The number of aryl methyl sites for hydroxylation is 1. The summed E-state index contributed by atoms with van der Waals surface area (Å²) in [6, 6.07) is 14.7. The molecule has 30 heavy (non-hydrogen) atoms. The highest BCUT2D eigenvalue weighted by Gasteiger charge is 2.27. The maximum absolute atomic E-state index is 12.8. The molecule has 1 heterocycles. The molecule has 1 amide bonds. The predicted octanol–water partition coefficient (Wildman–Crippen LogP) is 4.66. The van der Waals surface area contributed by atoms with Gasteiger partial charge >= 0.3 is 12.1 Å². The fourth-order valence-corrected chi connectivity index (χ4v) is 3.10. The van der Waals surface area contributed by atoms with Crippen molar-refractivity contribution in [1.82, 2.24) is 10.3 Å². The van der Waals surface area contributed by atoms with Crippen molar-refractivity contribution in [2.45, 2.75) is 52.4 Å². The van der Waals surface area contributed by atoms with Crippen molar-refractivity contribution < 1.29 is 19.1 Å². The largest absolute Gasteiger partial charge is 0.459 e. The number of H-pyrrole nitrogens is 1. The zero-order valence-electron chi connectivity index (χ0n) is 17.8. The molecule has 6 heteroatoms. The first kappa shape index (κ1) is 21.4. The number of para-hydroxylation sites is 1. The number of fused-ring (bicyclic) bond motifs is 1. The van der Waals surface area contributed by atoms with Crippen molar-refractivity contribution in [2.75, 3.05) is 0 Å². The van der Waals surface area contributed by atoms with Gasteiger partial charge in [-0.3, -0.25) is 0 Å². The van der Waals surface area contributed by atoms with E-state index in [-0.39, 0.29) is 13.0 Å². The van der Waals surface area contributed by atoms with Gasteiger partial charge in [-0.2, -0.15) is 0 Å². The number of rotatable bonds is 6. The average Bonchev–Trinajstić information content (AvgIpc) is 3.08. The van der Waals surface area contributed by atoms with Gasteiger partial charge in [0, 0.05) is 23.5 Å². The second kappa shape index (κ2) is 9.03. The fraction of sp³-hybridized carbons (Fsp3) is 0.333. The van der Waals surface area contributed by atoms with E-state index >= 15 is 0 Å². The van der Waals surface area contributed by atoms with Crippen LogP contribution < -0.4 is 5.32 Å². The summed E-state index contributed by atoms with van der Waals surface area (Å²) >= 11 is 0. The smallest absolute Gasteiger partial charge is 0.408 e. The molecular weight excluding hydrogens is 380 g/mol. The van der Waals surface area contributed by atoms with E-state index in [4.69, 9.17) is 9.47 Å². The first-order valence-electron chi connectivity index (χ1n) is 9.98. The molecule has 0 aliphatic rings. The molecule has 0 unspecified atom stereocenters. The van der Waals surface area contributed by atoms with Crippen LogP contribution in [0.25, 0.3) is 10.9 Å². The SMILES string of the molecule is Cc1ccc(COC(=O)[C@@H](Cc2c[nH]c3ccccc23)NC(=O)OC(C)(C)C)cc1.